The smallest absolute Gasteiger partial charge is 0.226 e. The highest BCUT2D eigenvalue weighted by Gasteiger charge is 2.22. The number of hydrogen-bond acceptors (Lipinski definition) is 7. The molecule has 1 N–H and O–H groups in total. The Morgan fingerprint density at radius 1 is 1.28 bits per heavy atom. The number of carbonyl (C=O) groups excluding carboxylic acids is 1. The van der Waals surface area contributed by atoms with Crippen molar-refractivity contribution < 1.29 is 9.53 Å². The predicted molar refractivity (Wildman–Crippen MR) is 99.0 cm³/mol. The lowest BCUT2D eigenvalue weighted by Crippen LogP contribution is -2.11. The minimum atomic E-state index is -0.0313. The van der Waals surface area contributed by atoms with Crippen LogP contribution in [0.25, 0.3) is 10.2 Å². The van der Waals surface area contributed by atoms with Gasteiger partial charge in [-0.25, -0.2) is 4.98 Å². The third-order valence-corrected chi connectivity index (χ3v) is 6.05. The summed E-state index contributed by atoms with van der Waals surface area (Å²) in [4.78, 5) is 16.7. The number of aryl methyl sites for hydroxylation is 1. The maximum Gasteiger partial charge on any atom is 0.226 e. The summed E-state index contributed by atoms with van der Waals surface area (Å²) in [7, 11) is 0. The van der Waals surface area contributed by atoms with E-state index in [0.29, 0.717) is 11.6 Å². The van der Waals surface area contributed by atoms with Crippen molar-refractivity contribution in [1.82, 2.24) is 15.2 Å². The van der Waals surface area contributed by atoms with Crippen LogP contribution in [0.5, 0.6) is 0 Å². The van der Waals surface area contributed by atoms with E-state index in [-0.39, 0.29) is 12.0 Å². The fraction of sp³-hybridized carbons (Fsp3) is 0.412. The second-order valence-corrected chi connectivity index (χ2v) is 8.05. The quantitative estimate of drug-likeness (QED) is 0.707. The number of benzene rings is 1. The molecular formula is C17H18N4O2S2. The molecule has 0 saturated carbocycles. The Hall–Kier alpha value is -1.90. The van der Waals surface area contributed by atoms with E-state index in [1.807, 2.05) is 18.2 Å². The molecule has 1 aliphatic heterocycles. The molecule has 1 aromatic carbocycles. The van der Waals surface area contributed by atoms with Crippen molar-refractivity contribution in [1.29, 1.82) is 0 Å². The molecule has 0 aliphatic carbocycles. The lowest BCUT2D eigenvalue weighted by atomic mass is 10.2. The van der Waals surface area contributed by atoms with E-state index < -0.39 is 0 Å². The fourth-order valence-corrected chi connectivity index (χ4v) is 4.65. The molecule has 0 radical (unpaired) electrons. The number of anilines is 1. The monoisotopic (exact) mass is 374 g/mol. The number of hydrogen-bond donors (Lipinski definition) is 1. The molecule has 1 amide bonds. The van der Waals surface area contributed by atoms with E-state index in [1.54, 1.807) is 11.3 Å². The Morgan fingerprint density at radius 3 is 3.04 bits per heavy atom. The standard InChI is InChI=1S/C17H18N4O2S2/c22-14(19-17-21-20-16(25-17)12-6-4-10-23-12)8-3-9-15-18-11-5-1-2-7-13(11)24-15/h1-2,5,7,12H,3-4,6,8-10H2,(H,19,21,22). The van der Waals surface area contributed by atoms with E-state index in [1.165, 1.54) is 16.0 Å². The van der Waals surface area contributed by atoms with E-state index >= 15 is 0 Å². The van der Waals surface area contributed by atoms with Crippen molar-refractivity contribution in [3.8, 4) is 0 Å². The SMILES string of the molecule is O=C(CCCc1nc2ccccc2s1)Nc1nnc(C2CCCO2)s1. The third kappa shape index (κ3) is 4.02. The second kappa shape index (κ2) is 7.55. The first-order chi connectivity index (χ1) is 12.3. The van der Waals surface area contributed by atoms with Crippen LogP contribution < -0.4 is 5.32 Å². The number of carbonyl (C=O) groups is 1. The molecule has 3 heterocycles. The van der Waals surface area contributed by atoms with E-state index in [4.69, 9.17) is 4.74 Å². The summed E-state index contributed by atoms with van der Waals surface area (Å²) in [5, 5.41) is 13.5. The van der Waals surface area contributed by atoms with Crippen LogP contribution in [0.1, 0.15) is 41.8 Å². The zero-order chi connectivity index (χ0) is 17.1. The van der Waals surface area contributed by atoms with Gasteiger partial charge in [-0.2, -0.15) is 0 Å². The zero-order valence-electron chi connectivity index (χ0n) is 13.6. The second-order valence-electron chi connectivity index (χ2n) is 5.92. The molecule has 2 aromatic heterocycles. The topological polar surface area (TPSA) is 77.0 Å². The van der Waals surface area contributed by atoms with Crippen LogP contribution in [0.15, 0.2) is 24.3 Å². The highest BCUT2D eigenvalue weighted by molar-refractivity contribution is 7.18. The minimum Gasteiger partial charge on any atom is -0.371 e. The van der Waals surface area contributed by atoms with E-state index in [9.17, 15) is 4.79 Å². The Balaban J connectivity index is 1.26. The van der Waals surface area contributed by atoms with Gasteiger partial charge in [0.05, 0.1) is 15.2 Å². The highest BCUT2D eigenvalue weighted by atomic mass is 32.1. The Kier molecular flexibility index (Phi) is 5.00. The maximum absolute atomic E-state index is 12.1. The molecule has 8 heteroatoms. The molecule has 3 aromatic rings. The molecule has 130 valence electrons. The number of nitrogens with one attached hydrogen (secondary N) is 1. The van der Waals surface area contributed by atoms with Crippen molar-refractivity contribution in [3.05, 3.63) is 34.3 Å². The molecule has 1 atom stereocenters. The minimum absolute atomic E-state index is 0.0313. The Labute approximate surface area is 153 Å². The first-order valence-electron chi connectivity index (χ1n) is 8.37. The first kappa shape index (κ1) is 16.6. The van der Waals surface area contributed by atoms with Gasteiger partial charge in [0.1, 0.15) is 11.1 Å². The summed E-state index contributed by atoms with van der Waals surface area (Å²) < 4.78 is 6.78. The van der Waals surface area contributed by atoms with Crippen molar-refractivity contribution >= 4 is 43.9 Å². The molecule has 25 heavy (non-hydrogen) atoms. The number of para-hydroxylation sites is 1. The summed E-state index contributed by atoms with van der Waals surface area (Å²) in [6.07, 6.45) is 4.10. The van der Waals surface area contributed by atoms with Crippen molar-refractivity contribution in [3.63, 3.8) is 0 Å². The summed E-state index contributed by atoms with van der Waals surface area (Å²) in [5.41, 5.74) is 1.03. The number of aromatic nitrogens is 3. The predicted octanol–water partition coefficient (Wildman–Crippen LogP) is 3.96. The third-order valence-electron chi connectivity index (χ3n) is 4.02. The number of rotatable bonds is 6. The van der Waals surface area contributed by atoms with E-state index in [2.05, 4.69) is 26.6 Å². The number of amides is 1. The molecule has 1 fully saturated rings. The molecule has 1 unspecified atom stereocenters. The van der Waals surface area contributed by atoms with Crippen molar-refractivity contribution in [2.45, 2.75) is 38.2 Å². The number of thiazole rings is 1. The van der Waals surface area contributed by atoms with Gasteiger partial charge < -0.3 is 10.1 Å². The van der Waals surface area contributed by atoms with Crippen LogP contribution in [-0.4, -0.2) is 27.7 Å². The summed E-state index contributed by atoms with van der Waals surface area (Å²) in [6, 6.07) is 8.10. The highest BCUT2D eigenvalue weighted by Crippen LogP contribution is 2.32. The molecule has 1 aliphatic rings. The number of fused-ring (bicyclic) bond motifs is 1. The van der Waals surface area contributed by atoms with Gasteiger partial charge in [0, 0.05) is 13.0 Å². The zero-order valence-corrected chi connectivity index (χ0v) is 15.2. The lowest BCUT2D eigenvalue weighted by Gasteiger charge is -2.02. The molecule has 0 spiro atoms. The Morgan fingerprint density at radius 2 is 2.20 bits per heavy atom. The lowest BCUT2D eigenvalue weighted by molar-refractivity contribution is -0.116. The maximum atomic E-state index is 12.1. The molecule has 6 nitrogen and oxygen atoms in total. The average molecular weight is 374 g/mol. The number of nitrogens with zero attached hydrogens (tertiary/aromatic N) is 3. The normalized spacial score (nSPS) is 17.2. The van der Waals surface area contributed by atoms with Gasteiger partial charge in [0.25, 0.3) is 0 Å². The molecule has 4 rings (SSSR count). The largest absolute Gasteiger partial charge is 0.371 e. The summed E-state index contributed by atoms with van der Waals surface area (Å²) >= 11 is 3.10. The van der Waals surface area contributed by atoms with Gasteiger partial charge in [-0.1, -0.05) is 23.5 Å². The Bertz CT molecular complexity index is 837. The van der Waals surface area contributed by atoms with Crippen LogP contribution in [0.2, 0.25) is 0 Å². The van der Waals surface area contributed by atoms with Gasteiger partial charge >= 0.3 is 0 Å². The van der Waals surface area contributed by atoms with Gasteiger partial charge in [-0.3, -0.25) is 4.79 Å². The van der Waals surface area contributed by atoms with Crippen LogP contribution in [0.3, 0.4) is 0 Å². The van der Waals surface area contributed by atoms with Crippen LogP contribution in [0.4, 0.5) is 5.13 Å². The fourth-order valence-electron chi connectivity index (χ4n) is 2.80. The van der Waals surface area contributed by atoms with E-state index in [0.717, 1.165) is 47.8 Å². The molecule has 1 saturated heterocycles. The van der Waals surface area contributed by atoms with Crippen molar-refractivity contribution in [2.24, 2.45) is 0 Å². The molecule has 0 bridgehead atoms. The average Bonchev–Trinajstić information content (AvgIpc) is 3.34. The first-order valence-corrected chi connectivity index (χ1v) is 10.0. The van der Waals surface area contributed by atoms with Crippen LogP contribution in [0, 0.1) is 0 Å². The summed E-state index contributed by atoms with van der Waals surface area (Å²) in [5.74, 6) is -0.0313. The molecular weight excluding hydrogens is 356 g/mol. The van der Waals surface area contributed by atoms with Gasteiger partial charge in [-0.05, 0) is 37.8 Å². The number of ether oxygens (including phenoxy) is 1. The van der Waals surface area contributed by atoms with Gasteiger partial charge in [-0.15, -0.1) is 21.5 Å². The summed E-state index contributed by atoms with van der Waals surface area (Å²) in [6.45, 7) is 0.776. The van der Waals surface area contributed by atoms with Crippen LogP contribution >= 0.6 is 22.7 Å². The van der Waals surface area contributed by atoms with Gasteiger partial charge in [0.15, 0.2) is 0 Å². The van der Waals surface area contributed by atoms with Gasteiger partial charge in [0.2, 0.25) is 11.0 Å². The van der Waals surface area contributed by atoms with Crippen LogP contribution in [-0.2, 0) is 16.0 Å². The van der Waals surface area contributed by atoms with Crippen molar-refractivity contribution in [2.75, 3.05) is 11.9 Å².